The van der Waals surface area contributed by atoms with Crippen LogP contribution in [0.3, 0.4) is 0 Å². The number of rotatable bonds is 4. The van der Waals surface area contributed by atoms with Gasteiger partial charge in [-0.05, 0) is 36.8 Å². The summed E-state index contributed by atoms with van der Waals surface area (Å²) in [5.41, 5.74) is 1.10. The lowest BCUT2D eigenvalue weighted by Gasteiger charge is -2.20. The van der Waals surface area contributed by atoms with Gasteiger partial charge in [0, 0.05) is 5.56 Å². The first-order valence-electron chi connectivity index (χ1n) is 6.41. The Balaban J connectivity index is 2.05. The van der Waals surface area contributed by atoms with Gasteiger partial charge in [0.1, 0.15) is 5.75 Å². The molecule has 0 aliphatic rings. The molecule has 3 N–H and O–H groups in total. The number of aliphatic hydroxyl groups excluding tert-OH is 1. The van der Waals surface area contributed by atoms with Crippen LogP contribution in [0.4, 0.5) is 0 Å². The van der Waals surface area contributed by atoms with Crippen LogP contribution in [-0.4, -0.2) is 22.2 Å². The minimum atomic E-state index is -0.880. The highest BCUT2D eigenvalue weighted by atomic mass is 16.3. The summed E-state index contributed by atoms with van der Waals surface area (Å²) in [6.07, 6.45) is -0.880. The smallest absolute Gasteiger partial charge is 0.251 e. The van der Waals surface area contributed by atoms with Gasteiger partial charge in [-0.2, -0.15) is 0 Å². The molecule has 2 aromatic carbocycles. The van der Waals surface area contributed by atoms with Crippen LogP contribution in [0, 0.1) is 0 Å². The summed E-state index contributed by atoms with van der Waals surface area (Å²) in [4.78, 5) is 12.0. The maximum atomic E-state index is 12.0. The summed E-state index contributed by atoms with van der Waals surface area (Å²) >= 11 is 0. The van der Waals surface area contributed by atoms with Gasteiger partial charge < -0.3 is 15.5 Å². The van der Waals surface area contributed by atoms with E-state index in [4.69, 9.17) is 0 Å². The maximum Gasteiger partial charge on any atom is 0.251 e. The lowest BCUT2D eigenvalue weighted by atomic mass is 10.0. The fourth-order valence-corrected chi connectivity index (χ4v) is 1.96. The Bertz CT molecular complexity index is 583. The number of hydrogen-bond acceptors (Lipinski definition) is 3. The standard InChI is InChI=1S/C16H17NO3/c1-11(15(19)13-8-5-9-14(18)10-13)17-16(20)12-6-3-2-4-7-12/h2-11,15,18-19H,1H3,(H,17,20)/t11-,15-/m0/s1. The summed E-state index contributed by atoms with van der Waals surface area (Å²) in [7, 11) is 0. The molecule has 0 unspecified atom stereocenters. The second-order valence-electron chi connectivity index (χ2n) is 4.67. The predicted octanol–water partition coefficient (Wildman–Crippen LogP) is 2.24. The highest BCUT2D eigenvalue weighted by Crippen LogP contribution is 2.21. The molecule has 2 atom stereocenters. The van der Waals surface area contributed by atoms with Crippen molar-refractivity contribution in [1.82, 2.24) is 5.32 Å². The highest BCUT2D eigenvalue weighted by molar-refractivity contribution is 5.94. The lowest BCUT2D eigenvalue weighted by molar-refractivity contribution is 0.0852. The van der Waals surface area contributed by atoms with E-state index in [9.17, 15) is 15.0 Å². The molecule has 0 fully saturated rings. The molecular weight excluding hydrogens is 254 g/mol. The zero-order valence-electron chi connectivity index (χ0n) is 11.2. The van der Waals surface area contributed by atoms with E-state index in [2.05, 4.69) is 5.32 Å². The van der Waals surface area contributed by atoms with Crippen molar-refractivity contribution in [3.05, 3.63) is 65.7 Å². The van der Waals surface area contributed by atoms with Crippen LogP contribution in [0.25, 0.3) is 0 Å². The molecule has 4 nitrogen and oxygen atoms in total. The average Bonchev–Trinajstić information content (AvgIpc) is 2.47. The van der Waals surface area contributed by atoms with Gasteiger partial charge in [0.05, 0.1) is 12.1 Å². The zero-order valence-corrected chi connectivity index (χ0v) is 11.2. The van der Waals surface area contributed by atoms with Crippen LogP contribution < -0.4 is 5.32 Å². The molecule has 0 bridgehead atoms. The maximum absolute atomic E-state index is 12.0. The molecule has 0 aliphatic heterocycles. The SMILES string of the molecule is C[C@H](NC(=O)c1ccccc1)[C@H](O)c1cccc(O)c1. The van der Waals surface area contributed by atoms with Gasteiger partial charge in [0.15, 0.2) is 0 Å². The molecule has 0 radical (unpaired) electrons. The highest BCUT2D eigenvalue weighted by Gasteiger charge is 2.19. The Morgan fingerprint density at radius 1 is 1.10 bits per heavy atom. The number of phenolic OH excluding ortho intramolecular Hbond substituents is 1. The van der Waals surface area contributed by atoms with Gasteiger partial charge in [-0.15, -0.1) is 0 Å². The van der Waals surface area contributed by atoms with Gasteiger partial charge in [-0.3, -0.25) is 4.79 Å². The Labute approximate surface area is 117 Å². The van der Waals surface area contributed by atoms with Crippen molar-refractivity contribution >= 4 is 5.91 Å². The van der Waals surface area contributed by atoms with Gasteiger partial charge in [-0.1, -0.05) is 30.3 Å². The number of benzene rings is 2. The molecule has 0 aromatic heterocycles. The van der Waals surface area contributed by atoms with E-state index >= 15 is 0 Å². The molecule has 20 heavy (non-hydrogen) atoms. The van der Waals surface area contributed by atoms with Crippen LogP contribution in [0.5, 0.6) is 5.75 Å². The number of aromatic hydroxyl groups is 1. The van der Waals surface area contributed by atoms with Crippen molar-refractivity contribution in [2.75, 3.05) is 0 Å². The predicted molar refractivity (Wildman–Crippen MR) is 76.4 cm³/mol. The number of carbonyl (C=O) groups excluding carboxylic acids is 1. The molecule has 0 heterocycles. The number of amides is 1. The molecule has 0 saturated carbocycles. The van der Waals surface area contributed by atoms with Crippen LogP contribution in [0.2, 0.25) is 0 Å². The molecular formula is C16H17NO3. The number of phenols is 1. The van der Waals surface area contributed by atoms with E-state index in [-0.39, 0.29) is 11.7 Å². The van der Waals surface area contributed by atoms with E-state index < -0.39 is 12.1 Å². The second-order valence-corrected chi connectivity index (χ2v) is 4.67. The van der Waals surface area contributed by atoms with Crippen molar-refractivity contribution in [3.63, 3.8) is 0 Å². The van der Waals surface area contributed by atoms with E-state index in [0.717, 1.165) is 0 Å². The molecule has 2 rings (SSSR count). The van der Waals surface area contributed by atoms with Crippen LogP contribution in [0.1, 0.15) is 28.9 Å². The fourth-order valence-electron chi connectivity index (χ4n) is 1.96. The first-order valence-corrected chi connectivity index (χ1v) is 6.41. The minimum absolute atomic E-state index is 0.0862. The Morgan fingerprint density at radius 2 is 1.80 bits per heavy atom. The van der Waals surface area contributed by atoms with Gasteiger partial charge in [0.25, 0.3) is 5.91 Å². The molecule has 104 valence electrons. The quantitative estimate of drug-likeness (QED) is 0.798. The molecule has 2 aromatic rings. The van der Waals surface area contributed by atoms with Gasteiger partial charge in [0.2, 0.25) is 0 Å². The summed E-state index contributed by atoms with van der Waals surface area (Å²) in [5.74, 6) is -0.152. The van der Waals surface area contributed by atoms with E-state index in [1.54, 1.807) is 43.3 Å². The lowest BCUT2D eigenvalue weighted by Crippen LogP contribution is -2.37. The van der Waals surface area contributed by atoms with E-state index in [1.165, 1.54) is 12.1 Å². The van der Waals surface area contributed by atoms with Crippen LogP contribution in [0.15, 0.2) is 54.6 Å². The largest absolute Gasteiger partial charge is 0.508 e. The third-order valence-corrected chi connectivity index (χ3v) is 3.08. The Kier molecular flexibility index (Phi) is 4.38. The Hall–Kier alpha value is -2.33. The third kappa shape index (κ3) is 3.36. The number of nitrogens with one attached hydrogen (secondary N) is 1. The zero-order chi connectivity index (χ0) is 14.5. The van der Waals surface area contributed by atoms with Gasteiger partial charge >= 0.3 is 0 Å². The average molecular weight is 271 g/mol. The van der Waals surface area contributed by atoms with Crippen molar-refractivity contribution in [1.29, 1.82) is 0 Å². The first kappa shape index (κ1) is 14.1. The van der Waals surface area contributed by atoms with Crippen molar-refractivity contribution in [2.24, 2.45) is 0 Å². The van der Waals surface area contributed by atoms with Crippen LogP contribution in [-0.2, 0) is 0 Å². The van der Waals surface area contributed by atoms with Crippen molar-refractivity contribution in [3.8, 4) is 5.75 Å². The number of hydrogen-bond donors (Lipinski definition) is 3. The summed E-state index contributed by atoms with van der Waals surface area (Å²) in [6, 6.07) is 14.7. The summed E-state index contributed by atoms with van der Waals surface area (Å²) < 4.78 is 0. The first-order chi connectivity index (χ1) is 9.58. The summed E-state index contributed by atoms with van der Waals surface area (Å²) in [5, 5.41) is 22.3. The molecule has 0 aliphatic carbocycles. The summed E-state index contributed by atoms with van der Waals surface area (Å²) in [6.45, 7) is 1.72. The normalized spacial score (nSPS) is 13.5. The number of aliphatic hydroxyl groups is 1. The third-order valence-electron chi connectivity index (χ3n) is 3.08. The fraction of sp³-hybridized carbons (Fsp3) is 0.188. The topological polar surface area (TPSA) is 69.6 Å². The Morgan fingerprint density at radius 3 is 2.45 bits per heavy atom. The molecule has 4 heteroatoms. The van der Waals surface area contributed by atoms with Crippen molar-refractivity contribution in [2.45, 2.75) is 19.1 Å². The second kappa shape index (κ2) is 6.21. The van der Waals surface area contributed by atoms with Crippen molar-refractivity contribution < 1.29 is 15.0 Å². The van der Waals surface area contributed by atoms with Gasteiger partial charge in [-0.25, -0.2) is 0 Å². The van der Waals surface area contributed by atoms with E-state index in [1.807, 2.05) is 6.07 Å². The molecule has 0 saturated heterocycles. The molecule has 1 amide bonds. The number of carbonyl (C=O) groups is 1. The van der Waals surface area contributed by atoms with E-state index in [0.29, 0.717) is 11.1 Å². The molecule has 0 spiro atoms. The minimum Gasteiger partial charge on any atom is -0.508 e. The monoisotopic (exact) mass is 271 g/mol. The van der Waals surface area contributed by atoms with Crippen LogP contribution >= 0.6 is 0 Å².